The van der Waals surface area contributed by atoms with Crippen LogP contribution in [0.3, 0.4) is 0 Å². The molecular formula is C20H13F2IrN2O3S-. The molecule has 151 valence electrons. The Bertz CT molecular complexity index is 1220. The number of benzene rings is 2. The van der Waals surface area contributed by atoms with Crippen molar-refractivity contribution in [1.29, 1.82) is 0 Å². The molecule has 9 heteroatoms. The maximum atomic E-state index is 13.2. The van der Waals surface area contributed by atoms with Crippen LogP contribution in [-0.2, 0) is 30.2 Å². The Balaban J connectivity index is 0.000000200. The van der Waals surface area contributed by atoms with Gasteiger partial charge in [0.2, 0.25) is 0 Å². The largest absolute Gasteiger partial charge is 0.312 e. The summed E-state index contributed by atoms with van der Waals surface area (Å²) in [6.07, 6.45) is 1.55. The first-order valence-corrected chi connectivity index (χ1v) is 9.40. The van der Waals surface area contributed by atoms with Crippen LogP contribution in [0, 0.1) is 17.7 Å². The molecule has 29 heavy (non-hydrogen) atoms. The van der Waals surface area contributed by atoms with Gasteiger partial charge in [0, 0.05) is 43.3 Å². The van der Waals surface area contributed by atoms with Gasteiger partial charge in [0.05, 0.1) is 5.52 Å². The zero-order valence-corrected chi connectivity index (χ0v) is 17.8. The summed E-state index contributed by atoms with van der Waals surface area (Å²) >= 11 is 0. The predicted molar refractivity (Wildman–Crippen MR) is 100.0 cm³/mol. The van der Waals surface area contributed by atoms with Gasteiger partial charge in [0.25, 0.3) is 0 Å². The van der Waals surface area contributed by atoms with Crippen molar-refractivity contribution in [1.82, 2.24) is 9.97 Å². The Morgan fingerprint density at radius 1 is 0.966 bits per heavy atom. The van der Waals surface area contributed by atoms with Gasteiger partial charge in [-0.2, -0.15) is 8.42 Å². The molecule has 1 N–H and O–H groups in total. The minimum absolute atomic E-state index is 0. The average molecular weight is 592 g/mol. The fourth-order valence-corrected chi connectivity index (χ4v) is 2.80. The van der Waals surface area contributed by atoms with Crippen molar-refractivity contribution in [2.75, 3.05) is 0 Å². The minimum atomic E-state index is -4.21. The molecule has 2 aromatic carbocycles. The zero-order chi connectivity index (χ0) is 20.1. The molecular weight excluding hydrogens is 579 g/mol. The second kappa shape index (κ2) is 9.75. The molecule has 2 heterocycles. The van der Waals surface area contributed by atoms with Crippen LogP contribution in [0.4, 0.5) is 8.78 Å². The van der Waals surface area contributed by atoms with Gasteiger partial charge in [-0.3, -0.25) is 13.3 Å². The first-order valence-electron chi connectivity index (χ1n) is 7.96. The standard InChI is InChI=1S/C11H6F2N.C9H7NO3S.Ir/c12-8-4-5-9(10(13)7-8)11-3-1-2-6-14-11;11-14(12,13)9-6-5-7-3-1-2-4-8(7)10-9;/h1-4,6-7H;1-6H,(H,11,12,13);/q-1;;. The van der Waals surface area contributed by atoms with E-state index in [1.54, 1.807) is 42.6 Å². The number of pyridine rings is 2. The SMILES string of the molecule is Fc1c[c-]c(-c2ccccn2)c(F)c1.O=S(=O)(O)c1ccc2ccccc2n1.[Ir]. The van der Waals surface area contributed by atoms with E-state index in [4.69, 9.17) is 4.55 Å². The Labute approximate surface area is 179 Å². The van der Waals surface area contributed by atoms with E-state index in [1.165, 1.54) is 6.07 Å². The first kappa shape index (κ1) is 22.7. The molecule has 0 fully saturated rings. The quantitative estimate of drug-likeness (QED) is 0.278. The van der Waals surface area contributed by atoms with Crippen LogP contribution < -0.4 is 0 Å². The molecule has 2 aromatic heterocycles. The van der Waals surface area contributed by atoms with Gasteiger partial charge in [-0.1, -0.05) is 42.0 Å². The smallest absolute Gasteiger partial charge is 0.305 e. The van der Waals surface area contributed by atoms with Crippen LogP contribution in [0.15, 0.2) is 78.0 Å². The minimum Gasteiger partial charge on any atom is -0.305 e. The number of hydrogen-bond donors (Lipinski definition) is 1. The molecule has 0 saturated carbocycles. The van der Waals surface area contributed by atoms with E-state index in [1.807, 2.05) is 12.1 Å². The number of aromatic nitrogens is 2. The summed E-state index contributed by atoms with van der Waals surface area (Å²) in [5, 5.41) is 0.510. The fraction of sp³-hybridized carbons (Fsp3) is 0. The van der Waals surface area contributed by atoms with E-state index in [0.29, 0.717) is 11.2 Å². The Kier molecular flexibility index (Phi) is 7.64. The van der Waals surface area contributed by atoms with Gasteiger partial charge in [-0.15, -0.1) is 12.1 Å². The van der Waals surface area contributed by atoms with Crippen molar-refractivity contribution < 1.29 is 41.9 Å². The summed E-state index contributed by atoms with van der Waals surface area (Å²) in [5.41, 5.74) is 1.18. The Morgan fingerprint density at radius 2 is 1.69 bits per heavy atom. The van der Waals surface area contributed by atoms with E-state index >= 15 is 0 Å². The molecule has 0 atom stereocenters. The van der Waals surface area contributed by atoms with Gasteiger partial charge in [0.15, 0.2) is 5.03 Å². The van der Waals surface area contributed by atoms with Gasteiger partial charge < -0.3 is 4.98 Å². The molecule has 0 aliphatic carbocycles. The molecule has 0 saturated heterocycles. The van der Waals surface area contributed by atoms with Crippen LogP contribution in [0.1, 0.15) is 0 Å². The molecule has 0 amide bonds. The summed E-state index contributed by atoms with van der Waals surface area (Å²) in [7, 11) is -4.21. The molecule has 0 aliphatic rings. The van der Waals surface area contributed by atoms with Crippen molar-refractivity contribution in [2.24, 2.45) is 0 Å². The fourth-order valence-electron chi connectivity index (χ4n) is 2.34. The van der Waals surface area contributed by atoms with Crippen LogP contribution in [0.5, 0.6) is 0 Å². The molecule has 0 unspecified atom stereocenters. The number of para-hydroxylation sites is 1. The average Bonchev–Trinajstić information content (AvgIpc) is 2.68. The zero-order valence-electron chi connectivity index (χ0n) is 14.6. The summed E-state index contributed by atoms with van der Waals surface area (Å²) in [6.45, 7) is 0. The Morgan fingerprint density at radius 3 is 2.34 bits per heavy atom. The maximum absolute atomic E-state index is 13.2. The van der Waals surface area contributed by atoms with Crippen molar-refractivity contribution in [3.63, 3.8) is 0 Å². The molecule has 0 spiro atoms. The molecule has 4 aromatic rings. The van der Waals surface area contributed by atoms with Gasteiger partial charge in [-0.25, -0.2) is 4.98 Å². The third kappa shape index (κ3) is 5.95. The van der Waals surface area contributed by atoms with E-state index in [0.717, 1.165) is 17.5 Å². The van der Waals surface area contributed by atoms with Crippen molar-refractivity contribution in [2.45, 2.75) is 5.03 Å². The second-order valence-corrected chi connectivity index (χ2v) is 6.94. The summed E-state index contributed by atoms with van der Waals surface area (Å²) in [4.78, 5) is 7.75. The number of fused-ring (bicyclic) bond motifs is 1. The van der Waals surface area contributed by atoms with E-state index < -0.39 is 21.8 Å². The van der Waals surface area contributed by atoms with E-state index in [2.05, 4.69) is 16.0 Å². The third-order valence-corrected chi connectivity index (χ3v) is 4.37. The molecule has 0 aliphatic heterocycles. The number of rotatable bonds is 2. The number of nitrogens with zero attached hydrogens (tertiary/aromatic N) is 2. The molecule has 0 bridgehead atoms. The molecule has 5 nitrogen and oxygen atoms in total. The van der Waals surface area contributed by atoms with E-state index in [-0.39, 0.29) is 30.7 Å². The van der Waals surface area contributed by atoms with Crippen molar-refractivity contribution in [3.05, 3.63) is 90.6 Å². The topological polar surface area (TPSA) is 80.2 Å². The van der Waals surface area contributed by atoms with Crippen LogP contribution in [-0.4, -0.2) is 22.9 Å². The summed E-state index contributed by atoms with van der Waals surface area (Å²) in [6, 6.07) is 19.5. The maximum Gasteiger partial charge on any atom is 0.312 e. The number of hydrogen-bond acceptors (Lipinski definition) is 4. The van der Waals surface area contributed by atoms with Crippen LogP contribution in [0.2, 0.25) is 0 Å². The summed E-state index contributed by atoms with van der Waals surface area (Å²) in [5.74, 6) is -1.29. The molecule has 1 radical (unpaired) electrons. The third-order valence-electron chi connectivity index (χ3n) is 3.62. The van der Waals surface area contributed by atoms with Gasteiger partial charge in [0.1, 0.15) is 0 Å². The number of halogens is 2. The van der Waals surface area contributed by atoms with Crippen molar-refractivity contribution in [3.8, 4) is 11.3 Å². The Hall–Kier alpha value is -2.58. The monoisotopic (exact) mass is 592 g/mol. The van der Waals surface area contributed by atoms with Gasteiger partial charge in [-0.05, 0) is 30.0 Å². The summed E-state index contributed by atoms with van der Waals surface area (Å²) < 4.78 is 56.1. The van der Waals surface area contributed by atoms with Gasteiger partial charge >= 0.3 is 10.1 Å². The van der Waals surface area contributed by atoms with E-state index in [9.17, 15) is 17.2 Å². The first-order chi connectivity index (χ1) is 13.3. The second-order valence-electron chi connectivity index (χ2n) is 5.57. The normalized spacial score (nSPS) is 10.6. The molecule has 4 rings (SSSR count). The van der Waals surface area contributed by atoms with Crippen molar-refractivity contribution >= 4 is 21.0 Å². The van der Waals surface area contributed by atoms with Crippen LogP contribution in [0.25, 0.3) is 22.2 Å². The van der Waals surface area contributed by atoms with Crippen LogP contribution >= 0.6 is 0 Å². The predicted octanol–water partition coefficient (Wildman–Crippen LogP) is 4.31.